The second kappa shape index (κ2) is 6.95. The molecule has 0 saturated carbocycles. The Hall–Kier alpha value is -1.84. The first-order chi connectivity index (χ1) is 10.4. The molecule has 0 radical (unpaired) electrons. The SMILES string of the molecule is Cc1ccc(C)c(C(=O)N2CCN(C(=O)CC(C)C)CC2)c1. The van der Waals surface area contributed by atoms with Crippen molar-refractivity contribution >= 4 is 11.8 Å². The van der Waals surface area contributed by atoms with Crippen LogP contribution in [0.3, 0.4) is 0 Å². The van der Waals surface area contributed by atoms with Gasteiger partial charge in [0.2, 0.25) is 5.91 Å². The molecule has 1 aromatic carbocycles. The molecule has 0 aromatic heterocycles. The molecular weight excluding hydrogens is 276 g/mol. The highest BCUT2D eigenvalue weighted by Crippen LogP contribution is 2.15. The Morgan fingerprint density at radius 1 is 1.05 bits per heavy atom. The molecule has 2 amide bonds. The average Bonchev–Trinajstić information content (AvgIpc) is 2.48. The van der Waals surface area contributed by atoms with Gasteiger partial charge in [0.25, 0.3) is 5.91 Å². The molecule has 0 aliphatic carbocycles. The summed E-state index contributed by atoms with van der Waals surface area (Å²) < 4.78 is 0. The quantitative estimate of drug-likeness (QED) is 0.861. The van der Waals surface area contributed by atoms with Crippen LogP contribution in [0.25, 0.3) is 0 Å². The number of amides is 2. The third-order valence-corrected chi connectivity index (χ3v) is 4.13. The van der Waals surface area contributed by atoms with Crippen LogP contribution in [0.15, 0.2) is 18.2 Å². The molecule has 120 valence electrons. The fourth-order valence-electron chi connectivity index (χ4n) is 2.77. The van der Waals surface area contributed by atoms with Crippen LogP contribution in [0.4, 0.5) is 0 Å². The zero-order valence-corrected chi connectivity index (χ0v) is 14.1. The van der Waals surface area contributed by atoms with Crippen LogP contribution in [0, 0.1) is 19.8 Å². The highest BCUT2D eigenvalue weighted by atomic mass is 16.2. The van der Waals surface area contributed by atoms with E-state index in [0.717, 1.165) is 16.7 Å². The van der Waals surface area contributed by atoms with Gasteiger partial charge in [0.1, 0.15) is 0 Å². The Kier molecular flexibility index (Phi) is 5.22. The van der Waals surface area contributed by atoms with Gasteiger partial charge >= 0.3 is 0 Å². The van der Waals surface area contributed by atoms with Gasteiger partial charge in [-0.05, 0) is 31.4 Å². The fourth-order valence-corrected chi connectivity index (χ4v) is 2.77. The van der Waals surface area contributed by atoms with Gasteiger partial charge in [0, 0.05) is 38.2 Å². The van der Waals surface area contributed by atoms with Gasteiger partial charge in [0.05, 0.1) is 0 Å². The number of aryl methyl sites for hydroxylation is 2. The van der Waals surface area contributed by atoms with Crippen molar-refractivity contribution in [1.82, 2.24) is 9.80 Å². The molecule has 1 aliphatic rings. The molecule has 0 spiro atoms. The van der Waals surface area contributed by atoms with E-state index in [1.165, 1.54) is 0 Å². The summed E-state index contributed by atoms with van der Waals surface area (Å²) in [7, 11) is 0. The Labute approximate surface area is 133 Å². The largest absolute Gasteiger partial charge is 0.339 e. The normalized spacial score (nSPS) is 15.3. The van der Waals surface area contributed by atoms with Crippen LogP contribution in [0.2, 0.25) is 0 Å². The lowest BCUT2D eigenvalue weighted by atomic mass is 10.0. The lowest BCUT2D eigenvalue weighted by Crippen LogP contribution is -2.50. The number of nitrogens with zero attached hydrogens (tertiary/aromatic N) is 2. The summed E-state index contributed by atoms with van der Waals surface area (Å²) in [6.45, 7) is 10.6. The molecule has 1 fully saturated rings. The van der Waals surface area contributed by atoms with Crippen LogP contribution in [0.5, 0.6) is 0 Å². The van der Waals surface area contributed by atoms with Crippen molar-refractivity contribution in [3.05, 3.63) is 34.9 Å². The maximum absolute atomic E-state index is 12.6. The topological polar surface area (TPSA) is 40.6 Å². The van der Waals surface area contributed by atoms with E-state index >= 15 is 0 Å². The van der Waals surface area contributed by atoms with Gasteiger partial charge in [0.15, 0.2) is 0 Å². The molecule has 1 aliphatic heterocycles. The molecular formula is C18H26N2O2. The molecule has 1 aromatic rings. The molecule has 22 heavy (non-hydrogen) atoms. The Morgan fingerprint density at radius 3 is 2.23 bits per heavy atom. The van der Waals surface area contributed by atoms with Crippen molar-refractivity contribution in [3.8, 4) is 0 Å². The molecule has 2 rings (SSSR count). The summed E-state index contributed by atoms with van der Waals surface area (Å²) in [6, 6.07) is 5.97. The first-order valence-corrected chi connectivity index (χ1v) is 8.02. The summed E-state index contributed by atoms with van der Waals surface area (Å²) in [5.74, 6) is 0.660. The minimum Gasteiger partial charge on any atom is -0.339 e. The molecule has 4 heteroatoms. The van der Waals surface area contributed by atoms with E-state index in [0.29, 0.717) is 38.5 Å². The molecule has 0 unspecified atom stereocenters. The maximum Gasteiger partial charge on any atom is 0.254 e. The van der Waals surface area contributed by atoms with Gasteiger partial charge < -0.3 is 9.80 Å². The van der Waals surface area contributed by atoms with E-state index < -0.39 is 0 Å². The second-order valence-corrected chi connectivity index (χ2v) is 6.59. The average molecular weight is 302 g/mol. The number of carbonyl (C=O) groups excluding carboxylic acids is 2. The number of hydrogen-bond donors (Lipinski definition) is 0. The Morgan fingerprint density at radius 2 is 1.64 bits per heavy atom. The molecule has 0 atom stereocenters. The molecule has 4 nitrogen and oxygen atoms in total. The predicted octanol–water partition coefficient (Wildman–Crippen LogP) is 2.63. The minimum absolute atomic E-state index is 0.0807. The fraction of sp³-hybridized carbons (Fsp3) is 0.556. The van der Waals surface area contributed by atoms with Crippen molar-refractivity contribution in [3.63, 3.8) is 0 Å². The number of piperazine rings is 1. The Bertz CT molecular complexity index is 558. The highest BCUT2D eigenvalue weighted by molar-refractivity contribution is 5.96. The van der Waals surface area contributed by atoms with Gasteiger partial charge in [-0.1, -0.05) is 31.5 Å². The minimum atomic E-state index is 0.0807. The van der Waals surface area contributed by atoms with Gasteiger partial charge in [-0.15, -0.1) is 0 Å². The summed E-state index contributed by atoms with van der Waals surface area (Å²) in [6.07, 6.45) is 0.588. The van der Waals surface area contributed by atoms with Crippen molar-refractivity contribution < 1.29 is 9.59 Å². The van der Waals surface area contributed by atoms with E-state index in [1.54, 1.807) is 0 Å². The zero-order chi connectivity index (χ0) is 16.3. The lowest BCUT2D eigenvalue weighted by molar-refractivity contribution is -0.133. The van der Waals surface area contributed by atoms with Gasteiger partial charge in [-0.2, -0.15) is 0 Å². The number of benzene rings is 1. The predicted molar refractivity (Wildman–Crippen MR) is 87.9 cm³/mol. The van der Waals surface area contributed by atoms with E-state index in [4.69, 9.17) is 0 Å². The van der Waals surface area contributed by atoms with Crippen LogP contribution >= 0.6 is 0 Å². The van der Waals surface area contributed by atoms with Crippen LogP contribution in [0.1, 0.15) is 41.8 Å². The number of rotatable bonds is 3. The molecule has 0 N–H and O–H groups in total. The summed E-state index contributed by atoms with van der Waals surface area (Å²) in [5, 5.41) is 0. The first-order valence-electron chi connectivity index (χ1n) is 8.02. The van der Waals surface area contributed by atoms with E-state index in [-0.39, 0.29) is 11.8 Å². The van der Waals surface area contributed by atoms with Gasteiger partial charge in [-0.3, -0.25) is 9.59 Å². The van der Waals surface area contributed by atoms with Crippen LogP contribution in [-0.4, -0.2) is 47.8 Å². The first kappa shape index (κ1) is 16.5. The maximum atomic E-state index is 12.6. The van der Waals surface area contributed by atoms with E-state index in [9.17, 15) is 9.59 Å². The van der Waals surface area contributed by atoms with E-state index in [2.05, 4.69) is 13.8 Å². The summed E-state index contributed by atoms with van der Waals surface area (Å²) in [5.41, 5.74) is 2.88. The van der Waals surface area contributed by atoms with Crippen LogP contribution < -0.4 is 0 Å². The van der Waals surface area contributed by atoms with Crippen molar-refractivity contribution in [2.24, 2.45) is 5.92 Å². The van der Waals surface area contributed by atoms with Crippen molar-refractivity contribution in [2.45, 2.75) is 34.1 Å². The van der Waals surface area contributed by atoms with Crippen molar-refractivity contribution in [1.29, 1.82) is 0 Å². The number of carbonyl (C=O) groups is 2. The zero-order valence-electron chi connectivity index (χ0n) is 14.1. The van der Waals surface area contributed by atoms with E-state index in [1.807, 2.05) is 41.8 Å². The third kappa shape index (κ3) is 3.87. The Balaban J connectivity index is 1.98. The third-order valence-electron chi connectivity index (χ3n) is 4.13. The summed E-state index contributed by atoms with van der Waals surface area (Å²) >= 11 is 0. The molecule has 0 bridgehead atoms. The number of hydrogen-bond acceptors (Lipinski definition) is 2. The molecule has 1 saturated heterocycles. The second-order valence-electron chi connectivity index (χ2n) is 6.59. The molecule has 1 heterocycles. The summed E-state index contributed by atoms with van der Waals surface area (Å²) in [4.78, 5) is 28.5. The smallest absolute Gasteiger partial charge is 0.254 e. The lowest BCUT2D eigenvalue weighted by Gasteiger charge is -2.35. The van der Waals surface area contributed by atoms with Crippen LogP contribution in [-0.2, 0) is 4.79 Å². The van der Waals surface area contributed by atoms with Crippen molar-refractivity contribution in [2.75, 3.05) is 26.2 Å². The standard InChI is InChI=1S/C18H26N2O2/c1-13(2)11-17(21)19-7-9-20(10-8-19)18(22)16-12-14(3)5-6-15(16)4/h5-6,12-13H,7-11H2,1-4H3. The van der Waals surface area contributed by atoms with Gasteiger partial charge in [-0.25, -0.2) is 0 Å². The highest BCUT2D eigenvalue weighted by Gasteiger charge is 2.25. The monoisotopic (exact) mass is 302 g/mol.